The van der Waals surface area contributed by atoms with Crippen LogP contribution in [0.15, 0.2) is 0 Å². The third-order valence-corrected chi connectivity index (χ3v) is 10.7. The minimum atomic E-state index is -0.0483. The molecule has 6 rings (SSSR count). The van der Waals surface area contributed by atoms with Crippen LogP contribution in [-0.2, 0) is 19.0 Å². The summed E-state index contributed by atoms with van der Waals surface area (Å²) in [6.45, 7) is 5.97. The lowest BCUT2D eigenvalue weighted by molar-refractivity contribution is -0.170. The lowest BCUT2D eigenvalue weighted by Crippen LogP contribution is -2.68. The number of nitrogens with zero attached hydrogens (tertiary/aromatic N) is 2. The van der Waals surface area contributed by atoms with Crippen LogP contribution in [0.4, 0.5) is 0 Å². The first-order valence-corrected chi connectivity index (χ1v) is 14.9. The molecule has 0 aromatic carbocycles. The molecule has 0 aromatic heterocycles. The number of carbonyl (C=O) groups excluding carboxylic acids is 1. The second kappa shape index (κ2) is 11.2. The van der Waals surface area contributed by atoms with Gasteiger partial charge in [-0.15, -0.1) is 11.8 Å². The van der Waals surface area contributed by atoms with Gasteiger partial charge in [0.1, 0.15) is 12.5 Å². The summed E-state index contributed by atoms with van der Waals surface area (Å²) in [6.07, 6.45) is 7.10. The van der Waals surface area contributed by atoms with Crippen molar-refractivity contribution in [2.75, 3.05) is 58.9 Å². The van der Waals surface area contributed by atoms with E-state index < -0.39 is 0 Å². The number of Topliss-reactive ketones (excluding diaryl/α,β-unsaturated/α-hetero) is 1. The monoisotopic (exact) mass is 509 g/mol. The quantitative estimate of drug-likeness (QED) is 0.468. The van der Waals surface area contributed by atoms with Gasteiger partial charge < -0.3 is 14.2 Å². The van der Waals surface area contributed by atoms with E-state index in [1.807, 2.05) is 11.8 Å². The van der Waals surface area contributed by atoms with E-state index in [0.29, 0.717) is 42.3 Å². The van der Waals surface area contributed by atoms with Crippen LogP contribution in [0.3, 0.4) is 0 Å². The molecule has 5 heterocycles. The van der Waals surface area contributed by atoms with E-state index in [4.69, 9.17) is 14.2 Å². The third kappa shape index (κ3) is 5.47. The molecule has 3 N–H and O–H groups in total. The molecule has 0 bridgehead atoms. The summed E-state index contributed by atoms with van der Waals surface area (Å²) in [6, 6.07) is 1.08. The van der Waals surface area contributed by atoms with Gasteiger partial charge in [0.05, 0.1) is 50.0 Å². The van der Waals surface area contributed by atoms with E-state index in [0.717, 1.165) is 58.2 Å². The molecule has 0 spiro atoms. The number of thioether (sulfide) groups is 1. The molecule has 0 radical (unpaired) electrons. The second-order valence-corrected chi connectivity index (χ2v) is 12.5. The van der Waals surface area contributed by atoms with Crippen LogP contribution in [0.25, 0.3) is 0 Å². The zero-order chi connectivity index (χ0) is 23.8. The van der Waals surface area contributed by atoms with Crippen molar-refractivity contribution in [2.24, 2.45) is 11.8 Å². The molecule has 5 aliphatic heterocycles. The molecule has 6 atom stereocenters. The molecule has 1 saturated carbocycles. The number of hydrogen-bond acceptors (Lipinski definition) is 10. The number of rotatable bonds is 6. The maximum Gasteiger partial charge on any atom is 0.152 e. The molecule has 6 aliphatic rings. The number of fused-ring (bicyclic) bond motifs is 1. The Morgan fingerprint density at radius 3 is 2.63 bits per heavy atom. The number of hydrogen-bond donors (Lipinski definition) is 3. The molecular formula is C25H43N5O4S. The highest BCUT2D eigenvalue weighted by Gasteiger charge is 2.50. The average molecular weight is 510 g/mol. The highest BCUT2D eigenvalue weighted by molar-refractivity contribution is 8.01. The van der Waals surface area contributed by atoms with Crippen LogP contribution < -0.4 is 16.0 Å². The van der Waals surface area contributed by atoms with Gasteiger partial charge in [-0.2, -0.15) is 0 Å². The molecule has 6 fully saturated rings. The van der Waals surface area contributed by atoms with E-state index >= 15 is 0 Å². The standard InChI is InChI=1S/C25H43N5O4S/c1-29(18-13-33-14-18)21-6-7-26-25(28-21)27-17-4-2-16(3-5-17)19-15-35-24-20(31)12-22(34-23(19)24)30-8-10-32-11-9-30/h16-19,21-28H,2-15H2,1H3. The van der Waals surface area contributed by atoms with Gasteiger partial charge in [-0.25, -0.2) is 0 Å². The maximum absolute atomic E-state index is 13.0. The van der Waals surface area contributed by atoms with Crippen LogP contribution in [0, 0.1) is 11.8 Å². The Balaban J connectivity index is 0.992. The average Bonchev–Trinajstić information content (AvgIpc) is 3.29. The molecule has 6 unspecified atom stereocenters. The fraction of sp³-hybridized carbons (Fsp3) is 0.960. The minimum absolute atomic E-state index is 0.0483. The van der Waals surface area contributed by atoms with Crippen LogP contribution >= 0.6 is 11.8 Å². The Hall–Kier alpha value is -0.300. The summed E-state index contributed by atoms with van der Waals surface area (Å²) in [4.78, 5) is 17.7. The molecule has 0 amide bonds. The Kier molecular flexibility index (Phi) is 8.01. The van der Waals surface area contributed by atoms with E-state index in [1.54, 1.807) is 0 Å². The first kappa shape index (κ1) is 25.0. The van der Waals surface area contributed by atoms with Gasteiger partial charge in [0.15, 0.2) is 5.78 Å². The lowest BCUT2D eigenvalue weighted by Gasteiger charge is -2.45. The van der Waals surface area contributed by atoms with Crippen LogP contribution in [0.2, 0.25) is 0 Å². The Labute approximate surface area is 213 Å². The maximum atomic E-state index is 13.0. The van der Waals surface area contributed by atoms with E-state index in [1.165, 1.54) is 25.7 Å². The number of morpholine rings is 1. The van der Waals surface area contributed by atoms with Crippen molar-refractivity contribution in [3.05, 3.63) is 0 Å². The van der Waals surface area contributed by atoms with Gasteiger partial charge in [0.2, 0.25) is 0 Å². The molecule has 9 nitrogen and oxygen atoms in total. The van der Waals surface area contributed by atoms with Crippen molar-refractivity contribution in [1.29, 1.82) is 0 Å². The van der Waals surface area contributed by atoms with Crippen molar-refractivity contribution in [1.82, 2.24) is 25.8 Å². The normalized spacial score (nSPS) is 43.8. The summed E-state index contributed by atoms with van der Waals surface area (Å²) in [5.41, 5.74) is 0. The molecule has 0 aromatic rings. The van der Waals surface area contributed by atoms with Crippen LogP contribution in [0.1, 0.15) is 38.5 Å². The van der Waals surface area contributed by atoms with E-state index in [9.17, 15) is 4.79 Å². The summed E-state index contributed by atoms with van der Waals surface area (Å²) in [5, 5.41) is 11.3. The fourth-order valence-corrected chi connectivity index (χ4v) is 8.50. The minimum Gasteiger partial charge on any atom is -0.379 e. The van der Waals surface area contributed by atoms with Crippen molar-refractivity contribution in [3.8, 4) is 0 Å². The SMILES string of the molecule is CN(C1COC1)C1CCNC(NC2CCC(C3CSC4C(=O)CC(N5CCOCC5)OC43)CC2)N1. The number of ketones is 1. The number of carbonyl (C=O) groups is 1. The van der Waals surface area contributed by atoms with E-state index in [-0.39, 0.29) is 23.9 Å². The van der Waals surface area contributed by atoms with Crippen molar-refractivity contribution < 1.29 is 19.0 Å². The largest absolute Gasteiger partial charge is 0.379 e. The highest BCUT2D eigenvalue weighted by atomic mass is 32.2. The fourth-order valence-electron chi connectivity index (χ4n) is 6.87. The number of likely N-dealkylation sites (N-methyl/N-ethyl adjacent to an activating group) is 1. The van der Waals surface area contributed by atoms with Crippen LogP contribution in [0.5, 0.6) is 0 Å². The number of nitrogens with one attached hydrogen (secondary N) is 3. The smallest absolute Gasteiger partial charge is 0.152 e. The molecular weight excluding hydrogens is 466 g/mol. The molecule has 10 heteroatoms. The highest BCUT2D eigenvalue weighted by Crippen LogP contribution is 2.46. The molecule has 35 heavy (non-hydrogen) atoms. The predicted octanol–water partition coefficient (Wildman–Crippen LogP) is 0.406. The molecule has 5 saturated heterocycles. The van der Waals surface area contributed by atoms with Crippen molar-refractivity contribution in [2.45, 2.75) is 80.6 Å². The topological polar surface area (TPSA) is 87.3 Å². The van der Waals surface area contributed by atoms with Crippen molar-refractivity contribution in [3.63, 3.8) is 0 Å². The summed E-state index contributed by atoms with van der Waals surface area (Å²) >= 11 is 1.86. The predicted molar refractivity (Wildman–Crippen MR) is 135 cm³/mol. The van der Waals surface area contributed by atoms with Gasteiger partial charge >= 0.3 is 0 Å². The first-order chi connectivity index (χ1) is 17.2. The van der Waals surface area contributed by atoms with Gasteiger partial charge in [-0.1, -0.05) is 0 Å². The first-order valence-electron chi connectivity index (χ1n) is 13.8. The van der Waals surface area contributed by atoms with Crippen LogP contribution in [-0.4, -0.2) is 117 Å². The zero-order valence-corrected chi connectivity index (χ0v) is 21.8. The summed E-state index contributed by atoms with van der Waals surface area (Å²) in [5.74, 6) is 2.65. The molecule has 198 valence electrons. The molecule has 1 aliphatic carbocycles. The van der Waals surface area contributed by atoms with Gasteiger partial charge in [0, 0.05) is 32.1 Å². The second-order valence-electron chi connectivity index (χ2n) is 11.3. The van der Waals surface area contributed by atoms with Gasteiger partial charge in [0.25, 0.3) is 0 Å². The van der Waals surface area contributed by atoms with Gasteiger partial charge in [-0.05, 0) is 56.7 Å². The number of ether oxygens (including phenoxy) is 3. The third-order valence-electron chi connectivity index (χ3n) is 9.24. The summed E-state index contributed by atoms with van der Waals surface area (Å²) in [7, 11) is 2.22. The van der Waals surface area contributed by atoms with Crippen molar-refractivity contribution >= 4 is 17.5 Å². The zero-order valence-electron chi connectivity index (χ0n) is 21.0. The summed E-state index contributed by atoms with van der Waals surface area (Å²) < 4.78 is 17.6. The Morgan fingerprint density at radius 1 is 1.09 bits per heavy atom. The lowest BCUT2D eigenvalue weighted by atomic mass is 9.75. The Morgan fingerprint density at radius 2 is 1.89 bits per heavy atom. The van der Waals surface area contributed by atoms with E-state index in [2.05, 4.69) is 32.8 Å². The Bertz CT molecular complexity index is 731. The van der Waals surface area contributed by atoms with Gasteiger partial charge in [-0.3, -0.25) is 30.5 Å².